The van der Waals surface area contributed by atoms with Gasteiger partial charge in [-0.2, -0.15) is 0 Å². The summed E-state index contributed by atoms with van der Waals surface area (Å²) in [6, 6.07) is 12.5. The van der Waals surface area contributed by atoms with Crippen molar-refractivity contribution < 1.29 is 19.1 Å². The molecule has 2 aromatic carbocycles. The SMILES string of the molecule is O=C(NC1CCCCC1)/C(=C\c1ccc2c(c1)OCO2)NC(=O)c1ccc(Br)cc1. The molecule has 0 radical (unpaired) electrons. The summed E-state index contributed by atoms with van der Waals surface area (Å²) in [5, 5.41) is 5.85. The van der Waals surface area contributed by atoms with E-state index in [1.807, 2.05) is 6.07 Å². The third-order valence-electron chi connectivity index (χ3n) is 5.25. The standard InChI is InChI=1S/C23H23BrN2O4/c24-17-9-7-16(8-10-17)22(27)26-19(23(28)25-18-4-2-1-3-5-18)12-15-6-11-20-21(13-15)30-14-29-20/h6-13,18H,1-5,14H2,(H,25,28)(H,26,27)/b19-12+. The largest absolute Gasteiger partial charge is 0.454 e. The highest BCUT2D eigenvalue weighted by Crippen LogP contribution is 2.33. The molecule has 0 spiro atoms. The topological polar surface area (TPSA) is 76.7 Å². The minimum absolute atomic E-state index is 0.135. The first-order valence-corrected chi connectivity index (χ1v) is 10.9. The summed E-state index contributed by atoms with van der Waals surface area (Å²) in [5.74, 6) is 0.660. The zero-order chi connectivity index (χ0) is 20.9. The zero-order valence-electron chi connectivity index (χ0n) is 16.4. The number of hydrogen-bond acceptors (Lipinski definition) is 4. The molecule has 1 heterocycles. The maximum atomic E-state index is 13.0. The molecule has 1 fully saturated rings. The Balaban J connectivity index is 1.57. The second-order valence-corrected chi connectivity index (χ2v) is 8.36. The molecule has 2 amide bonds. The number of halogens is 1. The van der Waals surface area contributed by atoms with Gasteiger partial charge in [-0.05, 0) is 60.9 Å². The van der Waals surface area contributed by atoms with Crippen LogP contribution in [0.15, 0.2) is 52.6 Å². The molecule has 0 atom stereocenters. The van der Waals surface area contributed by atoms with Gasteiger partial charge in [0.25, 0.3) is 11.8 Å². The van der Waals surface area contributed by atoms with Gasteiger partial charge < -0.3 is 20.1 Å². The molecule has 0 saturated heterocycles. The van der Waals surface area contributed by atoms with Crippen molar-refractivity contribution in [2.24, 2.45) is 0 Å². The number of amides is 2. The predicted molar refractivity (Wildman–Crippen MR) is 117 cm³/mol. The summed E-state index contributed by atoms with van der Waals surface area (Å²) in [6.07, 6.45) is 7.01. The number of benzene rings is 2. The van der Waals surface area contributed by atoms with E-state index < -0.39 is 0 Å². The molecule has 2 aromatic rings. The number of carbonyl (C=O) groups is 2. The molecule has 2 aliphatic rings. The summed E-state index contributed by atoms with van der Waals surface area (Å²) in [5.41, 5.74) is 1.41. The second-order valence-electron chi connectivity index (χ2n) is 7.44. The molecule has 0 bridgehead atoms. The van der Waals surface area contributed by atoms with Crippen LogP contribution in [0.4, 0.5) is 0 Å². The Bertz CT molecular complexity index is 966. The van der Waals surface area contributed by atoms with Crippen LogP contribution in [0, 0.1) is 0 Å². The predicted octanol–water partition coefficient (Wildman–Crippen LogP) is 4.40. The van der Waals surface area contributed by atoms with E-state index in [4.69, 9.17) is 9.47 Å². The lowest BCUT2D eigenvalue weighted by atomic mass is 9.95. The molecule has 2 N–H and O–H groups in total. The molecular weight excluding hydrogens is 448 g/mol. The van der Waals surface area contributed by atoms with E-state index in [0.717, 1.165) is 35.7 Å². The summed E-state index contributed by atoms with van der Waals surface area (Å²) >= 11 is 3.36. The molecular formula is C23H23BrN2O4. The van der Waals surface area contributed by atoms with Crippen LogP contribution in [0.25, 0.3) is 6.08 Å². The van der Waals surface area contributed by atoms with Crippen molar-refractivity contribution in [3.8, 4) is 11.5 Å². The Kier molecular flexibility index (Phi) is 6.38. The Morgan fingerprint density at radius 3 is 2.47 bits per heavy atom. The van der Waals surface area contributed by atoms with Crippen LogP contribution in [-0.2, 0) is 4.79 Å². The molecule has 1 aliphatic carbocycles. The van der Waals surface area contributed by atoms with Crippen molar-refractivity contribution in [2.45, 2.75) is 38.1 Å². The molecule has 6 nitrogen and oxygen atoms in total. The number of nitrogens with one attached hydrogen (secondary N) is 2. The molecule has 4 rings (SSSR count). The first-order chi connectivity index (χ1) is 14.6. The number of hydrogen-bond donors (Lipinski definition) is 2. The van der Waals surface area contributed by atoms with Gasteiger partial charge in [-0.15, -0.1) is 0 Å². The van der Waals surface area contributed by atoms with Crippen LogP contribution in [0.3, 0.4) is 0 Å². The maximum absolute atomic E-state index is 13.0. The van der Waals surface area contributed by atoms with Crippen LogP contribution in [0.2, 0.25) is 0 Å². The third kappa shape index (κ3) is 5.02. The van der Waals surface area contributed by atoms with Gasteiger partial charge in [0.15, 0.2) is 11.5 Å². The van der Waals surface area contributed by atoms with Crippen molar-refractivity contribution >= 4 is 33.8 Å². The number of ether oxygens (including phenoxy) is 2. The number of fused-ring (bicyclic) bond motifs is 1. The van der Waals surface area contributed by atoms with Crippen LogP contribution in [-0.4, -0.2) is 24.6 Å². The third-order valence-corrected chi connectivity index (χ3v) is 5.78. The zero-order valence-corrected chi connectivity index (χ0v) is 18.0. The van der Waals surface area contributed by atoms with Gasteiger partial charge in [0, 0.05) is 16.1 Å². The molecule has 0 unspecified atom stereocenters. The van der Waals surface area contributed by atoms with Crippen LogP contribution >= 0.6 is 15.9 Å². The van der Waals surface area contributed by atoms with Crippen molar-refractivity contribution in [3.63, 3.8) is 0 Å². The monoisotopic (exact) mass is 470 g/mol. The quantitative estimate of drug-likeness (QED) is 0.634. The summed E-state index contributed by atoms with van der Waals surface area (Å²) in [6.45, 7) is 0.178. The highest BCUT2D eigenvalue weighted by atomic mass is 79.9. The molecule has 156 valence electrons. The fourth-order valence-electron chi connectivity index (χ4n) is 3.63. The first kappa shape index (κ1) is 20.5. The van der Waals surface area contributed by atoms with Gasteiger partial charge in [-0.25, -0.2) is 0 Å². The maximum Gasteiger partial charge on any atom is 0.268 e. The molecule has 0 aromatic heterocycles. The minimum atomic E-state index is -0.340. The average Bonchev–Trinajstić information content (AvgIpc) is 3.22. The Morgan fingerprint density at radius 1 is 0.967 bits per heavy atom. The second kappa shape index (κ2) is 9.34. The highest BCUT2D eigenvalue weighted by Gasteiger charge is 2.21. The summed E-state index contributed by atoms with van der Waals surface area (Å²) < 4.78 is 11.6. The Labute approximate surface area is 183 Å². The Morgan fingerprint density at radius 2 is 1.70 bits per heavy atom. The van der Waals surface area contributed by atoms with E-state index in [1.54, 1.807) is 42.5 Å². The fraction of sp³-hybridized carbons (Fsp3) is 0.304. The normalized spacial score (nSPS) is 16.2. The van der Waals surface area contributed by atoms with E-state index >= 15 is 0 Å². The van der Waals surface area contributed by atoms with E-state index in [0.29, 0.717) is 17.1 Å². The van der Waals surface area contributed by atoms with Gasteiger partial charge in [0.2, 0.25) is 6.79 Å². The van der Waals surface area contributed by atoms with Crippen LogP contribution < -0.4 is 20.1 Å². The van der Waals surface area contributed by atoms with E-state index in [2.05, 4.69) is 26.6 Å². The molecule has 7 heteroatoms. The van der Waals surface area contributed by atoms with Crippen molar-refractivity contribution in [2.75, 3.05) is 6.79 Å². The van der Waals surface area contributed by atoms with E-state index in [1.165, 1.54) is 6.42 Å². The minimum Gasteiger partial charge on any atom is -0.454 e. The summed E-state index contributed by atoms with van der Waals surface area (Å²) in [7, 11) is 0. The number of rotatable bonds is 5. The van der Waals surface area contributed by atoms with Gasteiger partial charge in [0.1, 0.15) is 5.70 Å². The van der Waals surface area contributed by atoms with E-state index in [9.17, 15) is 9.59 Å². The average molecular weight is 471 g/mol. The van der Waals surface area contributed by atoms with Crippen LogP contribution in [0.5, 0.6) is 11.5 Å². The smallest absolute Gasteiger partial charge is 0.268 e. The van der Waals surface area contributed by atoms with Crippen LogP contribution in [0.1, 0.15) is 48.0 Å². The van der Waals surface area contributed by atoms with E-state index in [-0.39, 0.29) is 30.3 Å². The lowest BCUT2D eigenvalue weighted by Gasteiger charge is -2.23. The van der Waals surface area contributed by atoms with Crippen molar-refractivity contribution in [1.82, 2.24) is 10.6 Å². The lowest BCUT2D eigenvalue weighted by Crippen LogP contribution is -2.41. The number of carbonyl (C=O) groups excluding carboxylic acids is 2. The molecule has 1 saturated carbocycles. The van der Waals surface area contributed by atoms with Crippen molar-refractivity contribution in [1.29, 1.82) is 0 Å². The van der Waals surface area contributed by atoms with Gasteiger partial charge >= 0.3 is 0 Å². The first-order valence-electron chi connectivity index (χ1n) is 10.1. The molecule has 1 aliphatic heterocycles. The van der Waals surface area contributed by atoms with Gasteiger partial charge in [-0.3, -0.25) is 9.59 Å². The van der Waals surface area contributed by atoms with Gasteiger partial charge in [-0.1, -0.05) is 41.3 Å². The Hall–Kier alpha value is -2.80. The fourth-order valence-corrected chi connectivity index (χ4v) is 3.90. The lowest BCUT2D eigenvalue weighted by molar-refractivity contribution is -0.118. The van der Waals surface area contributed by atoms with Gasteiger partial charge in [0.05, 0.1) is 0 Å². The van der Waals surface area contributed by atoms with Crippen molar-refractivity contribution in [3.05, 3.63) is 63.8 Å². The molecule has 30 heavy (non-hydrogen) atoms. The summed E-state index contributed by atoms with van der Waals surface area (Å²) in [4.78, 5) is 25.8. The highest BCUT2D eigenvalue weighted by molar-refractivity contribution is 9.10.